The number of benzene rings is 2. The van der Waals surface area contributed by atoms with Crippen LogP contribution in [0.3, 0.4) is 0 Å². The summed E-state index contributed by atoms with van der Waals surface area (Å²) >= 11 is 0. The summed E-state index contributed by atoms with van der Waals surface area (Å²) in [6, 6.07) is 13.9. The third-order valence-corrected chi connectivity index (χ3v) is 7.31. The number of nitrogens with zero attached hydrogens (tertiary/aromatic N) is 2. The minimum atomic E-state index is -3.55. The number of carbonyl (C=O) groups is 2. The van der Waals surface area contributed by atoms with E-state index in [-0.39, 0.29) is 30.8 Å². The second-order valence-electron chi connectivity index (χ2n) is 9.14. The first kappa shape index (κ1) is 29.2. The molecule has 0 heterocycles. The number of aryl methyl sites for hydroxylation is 1. The summed E-state index contributed by atoms with van der Waals surface area (Å²) in [5.41, 5.74) is 2.51. The van der Waals surface area contributed by atoms with Gasteiger partial charge in [-0.05, 0) is 63.4 Å². The molecule has 2 amide bonds. The summed E-state index contributed by atoms with van der Waals surface area (Å²) in [5, 5.41) is 2.96. The van der Waals surface area contributed by atoms with Crippen molar-refractivity contribution in [3.63, 3.8) is 0 Å². The number of rotatable bonds is 13. The molecule has 36 heavy (non-hydrogen) atoms. The number of anilines is 1. The van der Waals surface area contributed by atoms with Gasteiger partial charge in [-0.15, -0.1) is 0 Å². The minimum absolute atomic E-state index is 0.00341. The summed E-state index contributed by atoms with van der Waals surface area (Å²) in [5.74, 6) is 0.215. The van der Waals surface area contributed by atoms with Gasteiger partial charge >= 0.3 is 0 Å². The lowest BCUT2D eigenvalue weighted by Gasteiger charge is -2.30. The molecule has 0 aliphatic heterocycles. The van der Waals surface area contributed by atoms with Crippen LogP contribution < -0.4 is 14.4 Å². The van der Waals surface area contributed by atoms with Crippen molar-refractivity contribution in [2.24, 2.45) is 0 Å². The van der Waals surface area contributed by atoms with Gasteiger partial charge in [-0.1, -0.05) is 36.8 Å². The van der Waals surface area contributed by atoms with Crippen LogP contribution in [0, 0.1) is 6.92 Å². The van der Waals surface area contributed by atoms with E-state index >= 15 is 0 Å². The van der Waals surface area contributed by atoms with Gasteiger partial charge < -0.3 is 15.0 Å². The maximum atomic E-state index is 13.3. The van der Waals surface area contributed by atoms with Crippen molar-refractivity contribution in [3.05, 3.63) is 59.7 Å². The number of hydrogen-bond donors (Lipinski definition) is 1. The molecule has 0 radical (unpaired) electrons. The van der Waals surface area contributed by atoms with Gasteiger partial charge in [0.15, 0.2) is 0 Å². The van der Waals surface area contributed by atoms with Crippen LogP contribution in [-0.4, -0.2) is 57.1 Å². The summed E-state index contributed by atoms with van der Waals surface area (Å²) < 4.78 is 31.3. The van der Waals surface area contributed by atoms with Gasteiger partial charge in [0, 0.05) is 25.6 Å². The maximum Gasteiger partial charge on any atom is 0.242 e. The number of ether oxygens (including phenoxy) is 1. The van der Waals surface area contributed by atoms with E-state index in [0.717, 1.165) is 23.8 Å². The van der Waals surface area contributed by atoms with E-state index in [1.54, 1.807) is 43.2 Å². The quantitative estimate of drug-likeness (QED) is 0.435. The van der Waals surface area contributed by atoms with Crippen LogP contribution in [0.15, 0.2) is 48.5 Å². The van der Waals surface area contributed by atoms with Crippen LogP contribution in [0.25, 0.3) is 0 Å². The first-order chi connectivity index (χ1) is 17.0. The average Bonchev–Trinajstić information content (AvgIpc) is 2.83. The topological polar surface area (TPSA) is 96.0 Å². The highest BCUT2D eigenvalue weighted by Gasteiger charge is 2.27. The fourth-order valence-corrected chi connectivity index (χ4v) is 4.77. The number of hydrogen-bond acceptors (Lipinski definition) is 5. The Kier molecular flexibility index (Phi) is 10.8. The van der Waals surface area contributed by atoms with Gasteiger partial charge in [0.2, 0.25) is 21.8 Å². The van der Waals surface area contributed by atoms with Crippen molar-refractivity contribution in [1.29, 1.82) is 0 Å². The highest BCUT2D eigenvalue weighted by molar-refractivity contribution is 7.92. The van der Waals surface area contributed by atoms with E-state index in [1.807, 2.05) is 45.0 Å². The Bertz CT molecular complexity index is 1120. The van der Waals surface area contributed by atoms with Crippen LogP contribution in [0.5, 0.6) is 5.75 Å². The van der Waals surface area contributed by atoms with Crippen molar-refractivity contribution in [2.45, 2.75) is 65.6 Å². The molecule has 2 rings (SSSR count). The molecule has 0 spiro atoms. The van der Waals surface area contributed by atoms with Crippen molar-refractivity contribution >= 4 is 27.5 Å². The highest BCUT2D eigenvalue weighted by atomic mass is 32.2. The molecule has 2 aromatic carbocycles. The van der Waals surface area contributed by atoms with Gasteiger partial charge in [-0.2, -0.15) is 0 Å². The molecule has 1 N–H and O–H groups in total. The van der Waals surface area contributed by atoms with Gasteiger partial charge in [0.1, 0.15) is 11.8 Å². The van der Waals surface area contributed by atoms with E-state index in [1.165, 1.54) is 4.31 Å². The lowest BCUT2D eigenvalue weighted by Crippen LogP contribution is -2.49. The monoisotopic (exact) mass is 517 g/mol. The lowest BCUT2D eigenvalue weighted by atomic mass is 10.1. The maximum absolute atomic E-state index is 13.3. The largest absolute Gasteiger partial charge is 0.497 e. The van der Waals surface area contributed by atoms with Crippen molar-refractivity contribution in [1.82, 2.24) is 10.2 Å². The van der Waals surface area contributed by atoms with Crippen LogP contribution in [0.1, 0.15) is 51.2 Å². The van der Waals surface area contributed by atoms with E-state index in [4.69, 9.17) is 4.74 Å². The van der Waals surface area contributed by atoms with Gasteiger partial charge in [-0.25, -0.2) is 8.42 Å². The zero-order valence-electron chi connectivity index (χ0n) is 22.2. The van der Waals surface area contributed by atoms with E-state index < -0.39 is 16.1 Å². The number of sulfonamides is 1. The Morgan fingerprint density at radius 3 is 2.31 bits per heavy atom. The Balaban J connectivity index is 2.17. The van der Waals surface area contributed by atoms with Crippen LogP contribution in [-0.2, 0) is 26.2 Å². The second kappa shape index (κ2) is 13.3. The van der Waals surface area contributed by atoms with E-state index in [2.05, 4.69) is 5.32 Å². The molecule has 0 bridgehead atoms. The molecule has 0 unspecified atom stereocenters. The van der Waals surface area contributed by atoms with Crippen molar-refractivity contribution in [2.75, 3.05) is 24.2 Å². The third-order valence-electron chi connectivity index (χ3n) is 6.12. The molecule has 0 aliphatic rings. The second-order valence-corrected chi connectivity index (χ2v) is 11.0. The molecular formula is C27H39N3O5S. The Morgan fingerprint density at radius 2 is 1.75 bits per heavy atom. The average molecular weight is 518 g/mol. The smallest absolute Gasteiger partial charge is 0.242 e. The van der Waals surface area contributed by atoms with Crippen molar-refractivity contribution in [3.8, 4) is 5.75 Å². The number of nitrogens with one attached hydrogen (secondary N) is 1. The number of methoxy groups -OCH3 is 1. The molecule has 0 aliphatic carbocycles. The van der Waals surface area contributed by atoms with Crippen LogP contribution in [0.2, 0.25) is 0 Å². The molecule has 0 aromatic heterocycles. The van der Waals surface area contributed by atoms with Gasteiger partial charge in [0.25, 0.3) is 0 Å². The van der Waals surface area contributed by atoms with E-state index in [9.17, 15) is 18.0 Å². The fourth-order valence-electron chi connectivity index (χ4n) is 3.81. The molecule has 0 saturated heterocycles. The molecule has 198 valence electrons. The summed E-state index contributed by atoms with van der Waals surface area (Å²) in [6.07, 6.45) is 2.35. The summed E-state index contributed by atoms with van der Waals surface area (Å²) in [6.45, 7) is 8.06. The molecule has 2 atom stereocenters. The number of carbonyl (C=O) groups excluding carboxylic acids is 2. The summed E-state index contributed by atoms with van der Waals surface area (Å²) in [4.78, 5) is 27.8. The van der Waals surface area contributed by atoms with E-state index in [0.29, 0.717) is 24.4 Å². The highest BCUT2D eigenvalue weighted by Crippen LogP contribution is 2.22. The molecule has 0 saturated carbocycles. The molecule has 2 aromatic rings. The molecule has 8 nitrogen and oxygen atoms in total. The predicted molar refractivity (Wildman–Crippen MR) is 144 cm³/mol. The predicted octanol–water partition coefficient (Wildman–Crippen LogP) is 3.88. The van der Waals surface area contributed by atoms with Gasteiger partial charge in [-0.3, -0.25) is 13.9 Å². The van der Waals surface area contributed by atoms with Crippen LogP contribution >= 0.6 is 0 Å². The normalized spacial score (nSPS) is 12.9. The SMILES string of the molecule is CC[C@H](C)NC(=O)[C@H](C)N(Cc1cccc(C)c1)C(=O)CCCN(c1ccc(OC)cc1)S(C)(=O)=O. The van der Waals surface area contributed by atoms with Crippen LogP contribution in [0.4, 0.5) is 5.69 Å². The first-order valence-electron chi connectivity index (χ1n) is 12.2. The third kappa shape index (κ3) is 8.55. The zero-order valence-corrected chi connectivity index (χ0v) is 23.0. The molecule has 9 heteroatoms. The van der Waals surface area contributed by atoms with Gasteiger partial charge in [0.05, 0.1) is 19.1 Å². The Labute approximate surface area is 215 Å². The zero-order chi connectivity index (χ0) is 26.9. The van der Waals surface area contributed by atoms with Crippen molar-refractivity contribution < 1.29 is 22.7 Å². The Hall–Kier alpha value is -3.07. The fraction of sp³-hybridized carbons (Fsp3) is 0.481. The molecule has 0 fully saturated rings. The first-order valence-corrected chi connectivity index (χ1v) is 14.1. The minimum Gasteiger partial charge on any atom is -0.497 e. The molecular weight excluding hydrogens is 478 g/mol. The lowest BCUT2D eigenvalue weighted by molar-refractivity contribution is -0.140. The number of amides is 2. The Morgan fingerprint density at radius 1 is 1.08 bits per heavy atom. The summed E-state index contributed by atoms with van der Waals surface area (Å²) in [7, 11) is -2.01. The standard InChI is InChI=1S/C27H39N3O5S/c1-7-21(3)28-27(32)22(4)29(19-23-11-8-10-20(2)18-23)26(31)12-9-17-30(36(6,33)34)24-13-15-25(35-5)16-14-24/h8,10-11,13-16,18,21-22H,7,9,12,17,19H2,1-6H3,(H,28,32)/t21-,22-/m0/s1.